The minimum absolute atomic E-state index is 0.0623. The SMILES string of the molecule is Cc1cccc(C)c1NC(=O)C(c1ccc(Cl)cc1Cl)N1CCC1=O. The quantitative estimate of drug-likeness (QED) is 0.797. The van der Waals surface area contributed by atoms with Gasteiger partial charge in [-0.2, -0.15) is 0 Å². The minimum atomic E-state index is -0.773. The molecule has 1 N–H and O–H groups in total. The molecule has 0 spiro atoms. The summed E-state index contributed by atoms with van der Waals surface area (Å²) in [5.41, 5.74) is 3.26. The van der Waals surface area contributed by atoms with Crippen molar-refractivity contribution in [1.29, 1.82) is 0 Å². The molecule has 1 aliphatic heterocycles. The van der Waals surface area contributed by atoms with Gasteiger partial charge in [-0.15, -0.1) is 0 Å². The zero-order valence-electron chi connectivity index (χ0n) is 14.0. The van der Waals surface area contributed by atoms with Crippen LogP contribution < -0.4 is 5.32 Å². The van der Waals surface area contributed by atoms with Gasteiger partial charge in [-0.05, 0) is 37.1 Å². The highest BCUT2D eigenvalue weighted by Gasteiger charge is 2.38. The Kier molecular flexibility index (Phi) is 5.02. The molecule has 1 fully saturated rings. The fraction of sp³-hybridized carbons (Fsp3) is 0.263. The molecular weight excluding hydrogens is 359 g/mol. The Morgan fingerprint density at radius 2 is 1.84 bits per heavy atom. The van der Waals surface area contributed by atoms with Gasteiger partial charge >= 0.3 is 0 Å². The van der Waals surface area contributed by atoms with Gasteiger partial charge in [0.25, 0.3) is 5.91 Å². The summed E-state index contributed by atoms with van der Waals surface area (Å²) in [5.74, 6) is -0.345. The van der Waals surface area contributed by atoms with Crippen LogP contribution in [0.25, 0.3) is 0 Å². The van der Waals surface area contributed by atoms with Crippen LogP contribution in [0.4, 0.5) is 5.69 Å². The molecule has 0 saturated carbocycles. The molecule has 1 unspecified atom stereocenters. The normalized spacial score (nSPS) is 14.9. The second-order valence-corrected chi connectivity index (χ2v) is 7.01. The van der Waals surface area contributed by atoms with Crippen LogP contribution in [0.5, 0.6) is 0 Å². The minimum Gasteiger partial charge on any atom is -0.326 e. The Morgan fingerprint density at radius 1 is 1.16 bits per heavy atom. The van der Waals surface area contributed by atoms with E-state index >= 15 is 0 Å². The Labute approximate surface area is 156 Å². The highest BCUT2D eigenvalue weighted by Crippen LogP contribution is 2.34. The molecule has 0 aromatic heterocycles. The smallest absolute Gasteiger partial charge is 0.251 e. The number of para-hydroxylation sites is 1. The van der Waals surface area contributed by atoms with Crippen molar-refractivity contribution < 1.29 is 9.59 Å². The third-order valence-corrected chi connectivity index (χ3v) is 5.00. The first-order chi connectivity index (χ1) is 11.9. The Hall–Kier alpha value is -2.04. The molecule has 1 saturated heterocycles. The van der Waals surface area contributed by atoms with Gasteiger partial charge in [0.15, 0.2) is 0 Å². The zero-order valence-corrected chi connectivity index (χ0v) is 15.5. The second-order valence-electron chi connectivity index (χ2n) is 6.16. The number of nitrogens with zero attached hydrogens (tertiary/aromatic N) is 1. The van der Waals surface area contributed by atoms with E-state index in [0.29, 0.717) is 28.6 Å². The number of β-lactam (4-membered cyclic amide) rings is 1. The first kappa shape index (κ1) is 17.8. The Balaban J connectivity index is 1.97. The molecule has 1 atom stereocenters. The average molecular weight is 377 g/mol. The van der Waals surface area contributed by atoms with E-state index in [1.807, 2.05) is 32.0 Å². The molecule has 0 radical (unpaired) electrons. The van der Waals surface area contributed by atoms with Crippen molar-refractivity contribution in [2.45, 2.75) is 26.3 Å². The second kappa shape index (κ2) is 7.06. The monoisotopic (exact) mass is 376 g/mol. The fourth-order valence-electron chi connectivity index (χ4n) is 2.98. The van der Waals surface area contributed by atoms with Gasteiger partial charge in [0.1, 0.15) is 6.04 Å². The first-order valence-corrected chi connectivity index (χ1v) is 8.75. The lowest BCUT2D eigenvalue weighted by atomic mass is 9.99. The van der Waals surface area contributed by atoms with Crippen LogP contribution in [0.15, 0.2) is 36.4 Å². The van der Waals surface area contributed by atoms with E-state index in [9.17, 15) is 9.59 Å². The van der Waals surface area contributed by atoms with Crippen molar-refractivity contribution in [3.8, 4) is 0 Å². The molecule has 0 aliphatic carbocycles. The summed E-state index contributed by atoms with van der Waals surface area (Å²) in [4.78, 5) is 26.6. The van der Waals surface area contributed by atoms with E-state index < -0.39 is 6.04 Å². The van der Waals surface area contributed by atoms with Gasteiger partial charge in [-0.1, -0.05) is 47.5 Å². The van der Waals surface area contributed by atoms with Crippen LogP contribution in [-0.4, -0.2) is 23.3 Å². The van der Waals surface area contributed by atoms with Gasteiger partial charge in [0.05, 0.1) is 0 Å². The summed E-state index contributed by atoms with van der Waals surface area (Å²) in [7, 11) is 0. The van der Waals surface area contributed by atoms with Gasteiger partial charge in [-0.25, -0.2) is 0 Å². The number of likely N-dealkylation sites (tertiary alicyclic amines) is 1. The summed E-state index contributed by atoms with van der Waals surface area (Å²) in [6, 6.07) is 9.99. The Morgan fingerprint density at radius 3 is 2.36 bits per heavy atom. The number of benzene rings is 2. The molecule has 0 bridgehead atoms. The van der Waals surface area contributed by atoms with E-state index in [-0.39, 0.29) is 11.8 Å². The van der Waals surface area contributed by atoms with E-state index in [0.717, 1.165) is 16.8 Å². The molecule has 3 rings (SSSR count). The summed E-state index contributed by atoms with van der Waals surface area (Å²) >= 11 is 12.3. The van der Waals surface area contributed by atoms with Crippen molar-refractivity contribution in [1.82, 2.24) is 4.90 Å². The van der Waals surface area contributed by atoms with Crippen LogP contribution in [0.2, 0.25) is 10.0 Å². The average Bonchev–Trinajstić information content (AvgIpc) is 2.55. The molecule has 1 aliphatic rings. The number of hydrogen-bond acceptors (Lipinski definition) is 2. The highest BCUT2D eigenvalue weighted by atomic mass is 35.5. The number of halogens is 2. The number of aryl methyl sites for hydroxylation is 2. The van der Waals surface area contributed by atoms with E-state index in [4.69, 9.17) is 23.2 Å². The standard InChI is InChI=1S/C19H18Cl2N2O2/c1-11-4-3-5-12(2)17(11)22-19(25)18(23-9-8-16(23)24)14-7-6-13(20)10-15(14)21/h3-7,10,18H,8-9H2,1-2H3,(H,22,25). The lowest BCUT2D eigenvalue weighted by Crippen LogP contribution is -2.49. The number of anilines is 1. The van der Waals surface area contributed by atoms with E-state index in [1.165, 1.54) is 4.90 Å². The number of carbonyl (C=O) groups is 2. The van der Waals surface area contributed by atoms with Gasteiger partial charge in [0.2, 0.25) is 5.91 Å². The number of carbonyl (C=O) groups excluding carboxylic acids is 2. The molecule has 2 aromatic rings. The maximum absolute atomic E-state index is 13.0. The van der Waals surface area contributed by atoms with Gasteiger partial charge in [0, 0.05) is 34.3 Å². The van der Waals surface area contributed by atoms with Gasteiger partial charge < -0.3 is 10.2 Å². The van der Waals surface area contributed by atoms with E-state index in [1.54, 1.807) is 18.2 Å². The lowest BCUT2D eigenvalue weighted by Gasteiger charge is -2.38. The predicted molar refractivity (Wildman–Crippen MR) is 100 cm³/mol. The van der Waals surface area contributed by atoms with Crippen LogP contribution >= 0.6 is 23.2 Å². The molecule has 1 heterocycles. The largest absolute Gasteiger partial charge is 0.326 e. The summed E-state index contributed by atoms with van der Waals surface area (Å²) in [6.45, 7) is 4.39. The number of rotatable bonds is 4. The first-order valence-electron chi connectivity index (χ1n) is 8.00. The van der Waals surface area contributed by atoms with Crippen LogP contribution in [0, 0.1) is 13.8 Å². The predicted octanol–water partition coefficient (Wildman–Crippen LogP) is 4.52. The third-order valence-electron chi connectivity index (χ3n) is 4.43. The van der Waals surface area contributed by atoms with Crippen molar-refractivity contribution in [3.05, 3.63) is 63.1 Å². The van der Waals surface area contributed by atoms with Crippen molar-refractivity contribution in [3.63, 3.8) is 0 Å². The van der Waals surface area contributed by atoms with Gasteiger partial charge in [-0.3, -0.25) is 9.59 Å². The molecule has 25 heavy (non-hydrogen) atoms. The van der Waals surface area contributed by atoms with Crippen LogP contribution in [0.3, 0.4) is 0 Å². The molecule has 4 nitrogen and oxygen atoms in total. The third kappa shape index (κ3) is 3.51. The maximum Gasteiger partial charge on any atom is 0.251 e. The summed E-state index contributed by atoms with van der Waals surface area (Å²) in [6.07, 6.45) is 0.443. The molecular formula is C19H18Cl2N2O2. The molecule has 130 valence electrons. The summed E-state index contributed by atoms with van der Waals surface area (Å²) in [5, 5.41) is 3.82. The Bertz CT molecular complexity index is 831. The fourth-order valence-corrected chi connectivity index (χ4v) is 3.49. The van der Waals surface area contributed by atoms with Crippen molar-refractivity contribution in [2.75, 3.05) is 11.9 Å². The van der Waals surface area contributed by atoms with Crippen LogP contribution in [-0.2, 0) is 9.59 Å². The van der Waals surface area contributed by atoms with Crippen molar-refractivity contribution >= 4 is 40.7 Å². The molecule has 2 aromatic carbocycles. The number of hydrogen-bond donors (Lipinski definition) is 1. The van der Waals surface area contributed by atoms with E-state index in [2.05, 4.69) is 5.32 Å². The van der Waals surface area contributed by atoms with Crippen molar-refractivity contribution in [2.24, 2.45) is 0 Å². The lowest BCUT2D eigenvalue weighted by molar-refractivity contribution is -0.147. The summed E-state index contributed by atoms with van der Waals surface area (Å²) < 4.78 is 0. The molecule has 2 amide bonds. The highest BCUT2D eigenvalue weighted by molar-refractivity contribution is 6.35. The van der Waals surface area contributed by atoms with Crippen LogP contribution in [0.1, 0.15) is 29.2 Å². The zero-order chi connectivity index (χ0) is 18.1. The number of nitrogens with one attached hydrogen (secondary N) is 1. The topological polar surface area (TPSA) is 49.4 Å². The number of amides is 2. The maximum atomic E-state index is 13.0. The molecule has 6 heteroatoms.